The molecule has 0 saturated carbocycles. The first-order chi connectivity index (χ1) is 19.2. The lowest BCUT2D eigenvalue weighted by atomic mass is 10.1. The fourth-order valence-electron chi connectivity index (χ4n) is 3.68. The number of imide groups is 2. The lowest BCUT2D eigenvalue weighted by Gasteiger charge is -2.26. The molecule has 0 aromatic heterocycles. The van der Waals surface area contributed by atoms with Crippen LogP contribution in [0.3, 0.4) is 0 Å². The molecule has 3 aromatic carbocycles. The number of hydrogen-bond acceptors (Lipinski definition) is 8. The number of nitrogens with zero attached hydrogens (tertiary/aromatic N) is 2. The standard InChI is InChI=1S/C27H21FN4O8/c1-2-39-23-13-16(6-11-22(23)40-15-24(33)29-18-9-7-17(28)8-10-18)12-21-25(34)30-27(36)31(26(21)35)19-4-3-5-20(14-19)32(37)38/h3-14H,2,15H2,1H3,(H,29,33)(H,30,34,36)/b21-12-. The number of ether oxygens (including phenoxy) is 2. The molecule has 1 aliphatic heterocycles. The predicted molar refractivity (Wildman–Crippen MR) is 140 cm³/mol. The molecule has 1 saturated heterocycles. The minimum absolute atomic E-state index is 0.0900. The highest BCUT2D eigenvalue weighted by atomic mass is 19.1. The molecule has 0 atom stereocenters. The van der Waals surface area contributed by atoms with Crippen molar-refractivity contribution in [2.45, 2.75) is 6.92 Å². The third-order valence-electron chi connectivity index (χ3n) is 5.47. The minimum Gasteiger partial charge on any atom is -0.490 e. The van der Waals surface area contributed by atoms with Gasteiger partial charge < -0.3 is 14.8 Å². The zero-order valence-corrected chi connectivity index (χ0v) is 20.9. The molecule has 5 amide bonds. The van der Waals surface area contributed by atoms with Gasteiger partial charge in [-0.25, -0.2) is 14.1 Å². The number of carbonyl (C=O) groups is 4. The van der Waals surface area contributed by atoms with Crippen LogP contribution in [0.1, 0.15) is 12.5 Å². The van der Waals surface area contributed by atoms with Crippen molar-refractivity contribution in [1.29, 1.82) is 0 Å². The Morgan fingerprint density at radius 1 is 1.05 bits per heavy atom. The van der Waals surface area contributed by atoms with E-state index in [1.165, 1.54) is 66.7 Å². The van der Waals surface area contributed by atoms with E-state index in [4.69, 9.17) is 9.47 Å². The lowest BCUT2D eigenvalue weighted by molar-refractivity contribution is -0.384. The van der Waals surface area contributed by atoms with Gasteiger partial charge in [-0.1, -0.05) is 12.1 Å². The smallest absolute Gasteiger partial charge is 0.335 e. The maximum absolute atomic E-state index is 13.1. The van der Waals surface area contributed by atoms with Gasteiger partial charge in [0.2, 0.25) is 0 Å². The molecule has 12 nitrogen and oxygen atoms in total. The van der Waals surface area contributed by atoms with Crippen LogP contribution in [0.2, 0.25) is 0 Å². The number of hydrogen-bond donors (Lipinski definition) is 2. The van der Waals surface area contributed by atoms with E-state index >= 15 is 0 Å². The second-order valence-electron chi connectivity index (χ2n) is 8.22. The summed E-state index contributed by atoms with van der Waals surface area (Å²) in [6, 6.07) is 13.5. The molecular weight excluding hydrogens is 527 g/mol. The molecule has 1 aliphatic rings. The van der Waals surface area contributed by atoms with Crippen LogP contribution in [-0.2, 0) is 14.4 Å². The number of barbiturate groups is 1. The summed E-state index contributed by atoms with van der Waals surface area (Å²) in [7, 11) is 0. The molecule has 4 rings (SSSR count). The third-order valence-corrected chi connectivity index (χ3v) is 5.47. The van der Waals surface area contributed by atoms with Crippen LogP contribution in [0.25, 0.3) is 6.08 Å². The van der Waals surface area contributed by atoms with Crippen molar-refractivity contribution in [3.63, 3.8) is 0 Å². The number of nitro groups is 1. The van der Waals surface area contributed by atoms with Crippen molar-refractivity contribution < 1.29 is 38.0 Å². The Morgan fingerprint density at radius 2 is 1.80 bits per heavy atom. The average Bonchev–Trinajstić information content (AvgIpc) is 2.92. The Kier molecular flexibility index (Phi) is 8.13. The van der Waals surface area contributed by atoms with E-state index in [9.17, 15) is 33.7 Å². The summed E-state index contributed by atoms with van der Waals surface area (Å²) >= 11 is 0. The zero-order valence-electron chi connectivity index (χ0n) is 20.9. The predicted octanol–water partition coefficient (Wildman–Crippen LogP) is 3.82. The van der Waals surface area contributed by atoms with E-state index in [1.54, 1.807) is 6.92 Å². The number of benzene rings is 3. The van der Waals surface area contributed by atoms with Crippen LogP contribution in [0, 0.1) is 15.9 Å². The maximum atomic E-state index is 13.1. The second kappa shape index (κ2) is 11.9. The third kappa shape index (κ3) is 6.27. The van der Waals surface area contributed by atoms with Crippen molar-refractivity contribution in [3.8, 4) is 11.5 Å². The molecule has 0 unspecified atom stereocenters. The number of amides is 5. The molecule has 3 aromatic rings. The normalized spacial score (nSPS) is 14.1. The minimum atomic E-state index is -1.05. The van der Waals surface area contributed by atoms with Gasteiger partial charge in [-0.3, -0.25) is 29.8 Å². The number of halogens is 1. The fraction of sp³-hybridized carbons (Fsp3) is 0.111. The van der Waals surface area contributed by atoms with E-state index in [0.29, 0.717) is 16.2 Å². The Bertz CT molecular complexity index is 1540. The van der Waals surface area contributed by atoms with Crippen molar-refractivity contribution >= 4 is 46.9 Å². The largest absolute Gasteiger partial charge is 0.490 e. The molecule has 0 radical (unpaired) electrons. The van der Waals surface area contributed by atoms with Gasteiger partial charge in [-0.2, -0.15) is 0 Å². The van der Waals surface area contributed by atoms with Crippen LogP contribution in [0.15, 0.2) is 72.3 Å². The highest BCUT2D eigenvalue weighted by Gasteiger charge is 2.37. The van der Waals surface area contributed by atoms with Gasteiger partial charge >= 0.3 is 6.03 Å². The summed E-state index contributed by atoms with van der Waals surface area (Å²) in [5.74, 6) is -2.47. The van der Waals surface area contributed by atoms with Gasteiger partial charge in [-0.05, 0) is 61.0 Å². The van der Waals surface area contributed by atoms with Crippen molar-refractivity contribution in [2.75, 3.05) is 23.4 Å². The van der Waals surface area contributed by atoms with Gasteiger partial charge in [0.15, 0.2) is 18.1 Å². The van der Waals surface area contributed by atoms with Crippen LogP contribution < -0.4 is 25.0 Å². The topological polar surface area (TPSA) is 157 Å². The monoisotopic (exact) mass is 548 g/mol. The van der Waals surface area contributed by atoms with Gasteiger partial charge in [0.1, 0.15) is 11.4 Å². The number of non-ortho nitro benzene ring substituents is 1. The number of carbonyl (C=O) groups excluding carboxylic acids is 4. The van der Waals surface area contributed by atoms with E-state index < -0.39 is 40.1 Å². The Labute approximate surface area is 226 Å². The number of urea groups is 1. The molecule has 2 N–H and O–H groups in total. The van der Waals surface area contributed by atoms with Crippen molar-refractivity contribution in [3.05, 3.63) is 93.8 Å². The second-order valence-corrected chi connectivity index (χ2v) is 8.22. The first-order valence-electron chi connectivity index (χ1n) is 11.8. The Balaban J connectivity index is 1.54. The van der Waals surface area contributed by atoms with Gasteiger partial charge in [0.25, 0.3) is 23.4 Å². The van der Waals surface area contributed by atoms with Gasteiger partial charge in [0.05, 0.1) is 17.2 Å². The van der Waals surface area contributed by atoms with Crippen LogP contribution in [-0.4, -0.2) is 41.9 Å². The lowest BCUT2D eigenvalue weighted by Crippen LogP contribution is -2.54. The summed E-state index contributed by atoms with van der Waals surface area (Å²) in [4.78, 5) is 61.4. The molecule has 1 fully saturated rings. The zero-order chi connectivity index (χ0) is 28.8. The number of nitrogens with one attached hydrogen (secondary N) is 2. The summed E-state index contributed by atoms with van der Waals surface area (Å²) in [5.41, 5.74) is -0.119. The fourth-order valence-corrected chi connectivity index (χ4v) is 3.68. The Morgan fingerprint density at radius 3 is 2.50 bits per heavy atom. The number of rotatable bonds is 9. The first kappa shape index (κ1) is 27.4. The maximum Gasteiger partial charge on any atom is 0.335 e. The molecule has 204 valence electrons. The molecular formula is C27H21FN4O8. The van der Waals surface area contributed by atoms with Crippen LogP contribution in [0.5, 0.6) is 11.5 Å². The summed E-state index contributed by atoms with van der Waals surface area (Å²) in [6.45, 7) is 1.56. The van der Waals surface area contributed by atoms with Crippen molar-refractivity contribution in [2.24, 2.45) is 0 Å². The average molecular weight is 548 g/mol. The number of nitro benzene ring substituents is 1. The van der Waals surface area contributed by atoms with Crippen molar-refractivity contribution in [1.82, 2.24) is 5.32 Å². The number of anilines is 2. The first-order valence-corrected chi connectivity index (χ1v) is 11.8. The van der Waals surface area contributed by atoms with E-state index in [0.717, 1.165) is 6.07 Å². The summed E-state index contributed by atoms with van der Waals surface area (Å²) in [6.07, 6.45) is 1.22. The quantitative estimate of drug-likeness (QED) is 0.177. The van der Waals surface area contributed by atoms with Crippen LogP contribution >= 0.6 is 0 Å². The molecule has 1 heterocycles. The SMILES string of the molecule is CCOc1cc(/C=C2/C(=O)NC(=O)N(c3cccc([N+](=O)[O-])c3)C2=O)ccc1OCC(=O)Nc1ccc(F)cc1. The van der Waals surface area contributed by atoms with E-state index in [2.05, 4.69) is 10.6 Å². The van der Waals surface area contributed by atoms with E-state index in [1.807, 2.05) is 0 Å². The highest BCUT2D eigenvalue weighted by Crippen LogP contribution is 2.31. The van der Waals surface area contributed by atoms with E-state index in [-0.39, 0.29) is 36.1 Å². The van der Waals surface area contributed by atoms with Gasteiger partial charge in [-0.15, -0.1) is 0 Å². The highest BCUT2D eigenvalue weighted by molar-refractivity contribution is 6.39. The molecule has 13 heteroatoms. The molecule has 0 aliphatic carbocycles. The molecule has 40 heavy (non-hydrogen) atoms. The van der Waals surface area contributed by atoms with Gasteiger partial charge in [0, 0.05) is 17.8 Å². The molecule has 0 spiro atoms. The summed E-state index contributed by atoms with van der Waals surface area (Å²) < 4.78 is 24.2. The summed E-state index contributed by atoms with van der Waals surface area (Å²) in [5, 5.41) is 15.7. The molecule has 0 bridgehead atoms. The Hall–Kier alpha value is -5.59. The van der Waals surface area contributed by atoms with Crippen LogP contribution in [0.4, 0.5) is 26.2 Å².